The number of amides is 1. The zero-order valence-corrected chi connectivity index (χ0v) is 18.0. The van der Waals surface area contributed by atoms with E-state index in [1.54, 1.807) is 19.1 Å². The molecule has 2 rings (SSSR count). The molecule has 0 spiro atoms. The SMILES string of the molecule is Cc1ccc(N([C@@H](C)C(=O)N[C@@H](CC(C)C)c2ccccc2)S(C)(=O)=O)cc1. The quantitative estimate of drug-likeness (QED) is 0.724. The van der Waals surface area contributed by atoms with Gasteiger partial charge in [0.2, 0.25) is 15.9 Å². The summed E-state index contributed by atoms with van der Waals surface area (Å²) in [6.07, 6.45) is 1.89. The van der Waals surface area contributed by atoms with Gasteiger partial charge in [-0.2, -0.15) is 0 Å². The molecule has 6 heteroatoms. The van der Waals surface area contributed by atoms with Crippen LogP contribution in [0.4, 0.5) is 5.69 Å². The minimum atomic E-state index is -3.63. The van der Waals surface area contributed by atoms with E-state index < -0.39 is 16.1 Å². The maximum Gasteiger partial charge on any atom is 0.244 e. The summed E-state index contributed by atoms with van der Waals surface area (Å²) in [5.74, 6) is 0.0597. The van der Waals surface area contributed by atoms with Crippen molar-refractivity contribution in [2.45, 2.75) is 46.2 Å². The van der Waals surface area contributed by atoms with E-state index in [9.17, 15) is 13.2 Å². The molecular weight excluding hydrogens is 372 g/mol. The van der Waals surface area contributed by atoms with Crippen molar-refractivity contribution >= 4 is 21.6 Å². The average Bonchev–Trinajstić information content (AvgIpc) is 2.62. The van der Waals surface area contributed by atoms with Crippen LogP contribution >= 0.6 is 0 Å². The number of rotatable bonds is 8. The average molecular weight is 403 g/mol. The number of carbonyl (C=O) groups is 1. The van der Waals surface area contributed by atoms with Crippen LogP contribution in [0.15, 0.2) is 54.6 Å². The van der Waals surface area contributed by atoms with Crippen molar-refractivity contribution in [3.8, 4) is 0 Å². The predicted molar refractivity (Wildman–Crippen MR) is 115 cm³/mol. The molecule has 0 aliphatic heterocycles. The molecule has 0 saturated heterocycles. The number of anilines is 1. The highest BCUT2D eigenvalue weighted by Crippen LogP contribution is 2.24. The van der Waals surface area contributed by atoms with Gasteiger partial charge in [0.25, 0.3) is 0 Å². The third-order valence-electron chi connectivity index (χ3n) is 4.60. The van der Waals surface area contributed by atoms with Crippen LogP contribution in [-0.2, 0) is 14.8 Å². The Labute approximate surface area is 168 Å². The van der Waals surface area contributed by atoms with Crippen molar-refractivity contribution in [2.75, 3.05) is 10.6 Å². The molecule has 0 aliphatic rings. The number of nitrogens with one attached hydrogen (secondary N) is 1. The van der Waals surface area contributed by atoms with E-state index in [1.807, 2.05) is 49.4 Å². The largest absolute Gasteiger partial charge is 0.347 e. The highest BCUT2D eigenvalue weighted by Gasteiger charge is 2.30. The molecule has 0 fully saturated rings. The molecular formula is C22H30N2O3S. The minimum absolute atomic E-state index is 0.171. The summed E-state index contributed by atoms with van der Waals surface area (Å²) in [5, 5.41) is 3.05. The Hall–Kier alpha value is -2.34. The first kappa shape index (κ1) is 22.0. The lowest BCUT2D eigenvalue weighted by Gasteiger charge is -2.30. The molecule has 152 valence electrons. The van der Waals surface area contributed by atoms with Crippen LogP contribution in [0.5, 0.6) is 0 Å². The fourth-order valence-electron chi connectivity index (χ4n) is 3.23. The van der Waals surface area contributed by atoms with E-state index in [2.05, 4.69) is 19.2 Å². The highest BCUT2D eigenvalue weighted by molar-refractivity contribution is 7.92. The van der Waals surface area contributed by atoms with Crippen LogP contribution in [-0.4, -0.2) is 26.6 Å². The normalized spacial score (nSPS) is 13.8. The fraction of sp³-hybridized carbons (Fsp3) is 0.409. The van der Waals surface area contributed by atoms with Gasteiger partial charge in [0.1, 0.15) is 6.04 Å². The number of nitrogens with zero attached hydrogens (tertiary/aromatic N) is 1. The molecule has 2 aromatic rings. The van der Waals surface area contributed by atoms with Crippen molar-refractivity contribution in [1.29, 1.82) is 0 Å². The Balaban J connectivity index is 2.29. The maximum atomic E-state index is 13.0. The smallest absolute Gasteiger partial charge is 0.244 e. The molecule has 1 amide bonds. The summed E-state index contributed by atoms with van der Waals surface area (Å²) < 4.78 is 26.1. The molecule has 0 bridgehead atoms. The first-order chi connectivity index (χ1) is 13.1. The number of hydrogen-bond donors (Lipinski definition) is 1. The maximum absolute atomic E-state index is 13.0. The molecule has 1 N–H and O–H groups in total. The van der Waals surface area contributed by atoms with Gasteiger partial charge in [-0.3, -0.25) is 9.10 Å². The second-order valence-corrected chi connectivity index (χ2v) is 9.53. The van der Waals surface area contributed by atoms with Crippen molar-refractivity contribution in [1.82, 2.24) is 5.32 Å². The van der Waals surface area contributed by atoms with Gasteiger partial charge < -0.3 is 5.32 Å². The summed E-state index contributed by atoms with van der Waals surface area (Å²) in [7, 11) is -3.63. The molecule has 0 saturated carbocycles. The number of carbonyl (C=O) groups excluding carboxylic acids is 1. The summed E-state index contributed by atoms with van der Waals surface area (Å²) in [5.41, 5.74) is 2.52. The van der Waals surface area contributed by atoms with Crippen LogP contribution in [0, 0.1) is 12.8 Å². The topological polar surface area (TPSA) is 66.5 Å². The van der Waals surface area contributed by atoms with Gasteiger partial charge in [-0.25, -0.2) is 8.42 Å². The van der Waals surface area contributed by atoms with E-state index >= 15 is 0 Å². The van der Waals surface area contributed by atoms with E-state index in [1.165, 1.54) is 4.31 Å². The van der Waals surface area contributed by atoms with E-state index in [0.717, 1.165) is 23.8 Å². The Morgan fingerprint density at radius 3 is 2.07 bits per heavy atom. The first-order valence-electron chi connectivity index (χ1n) is 9.51. The van der Waals surface area contributed by atoms with Crippen molar-refractivity contribution in [3.63, 3.8) is 0 Å². The molecule has 0 unspecified atom stereocenters. The minimum Gasteiger partial charge on any atom is -0.347 e. The van der Waals surface area contributed by atoms with Crippen LogP contribution in [0.1, 0.15) is 44.4 Å². The van der Waals surface area contributed by atoms with Crippen LogP contribution < -0.4 is 9.62 Å². The van der Waals surface area contributed by atoms with E-state index in [4.69, 9.17) is 0 Å². The summed E-state index contributed by atoms with van der Waals surface area (Å²) in [6, 6.07) is 15.9. The van der Waals surface area contributed by atoms with E-state index in [0.29, 0.717) is 11.6 Å². The lowest BCUT2D eigenvalue weighted by atomic mass is 9.96. The predicted octanol–water partition coefficient (Wildman–Crippen LogP) is 4.05. The van der Waals surface area contributed by atoms with Crippen LogP contribution in [0.2, 0.25) is 0 Å². The Kier molecular flexibility index (Phi) is 7.24. The summed E-state index contributed by atoms with van der Waals surface area (Å²) in [6.45, 7) is 7.75. The van der Waals surface area contributed by atoms with Crippen LogP contribution in [0.25, 0.3) is 0 Å². The molecule has 2 atom stereocenters. The van der Waals surface area contributed by atoms with Crippen LogP contribution in [0.3, 0.4) is 0 Å². The third-order valence-corrected chi connectivity index (χ3v) is 5.84. The Morgan fingerprint density at radius 2 is 1.57 bits per heavy atom. The number of benzene rings is 2. The van der Waals surface area contributed by atoms with Gasteiger partial charge in [-0.15, -0.1) is 0 Å². The number of sulfonamides is 1. The van der Waals surface area contributed by atoms with Crippen molar-refractivity contribution < 1.29 is 13.2 Å². The van der Waals surface area contributed by atoms with Gasteiger partial charge >= 0.3 is 0 Å². The van der Waals surface area contributed by atoms with Gasteiger partial charge in [0.05, 0.1) is 18.0 Å². The highest BCUT2D eigenvalue weighted by atomic mass is 32.2. The number of aryl methyl sites for hydroxylation is 1. The second-order valence-electron chi connectivity index (χ2n) is 7.67. The van der Waals surface area contributed by atoms with Gasteiger partial charge in [0.15, 0.2) is 0 Å². The lowest BCUT2D eigenvalue weighted by Crippen LogP contribution is -2.48. The Bertz CT molecular complexity index is 878. The molecule has 2 aromatic carbocycles. The van der Waals surface area contributed by atoms with Crippen molar-refractivity contribution in [2.24, 2.45) is 5.92 Å². The van der Waals surface area contributed by atoms with E-state index in [-0.39, 0.29) is 11.9 Å². The molecule has 28 heavy (non-hydrogen) atoms. The van der Waals surface area contributed by atoms with Gasteiger partial charge in [-0.05, 0) is 43.9 Å². The zero-order valence-electron chi connectivity index (χ0n) is 17.2. The monoisotopic (exact) mass is 402 g/mol. The molecule has 5 nitrogen and oxygen atoms in total. The summed E-state index contributed by atoms with van der Waals surface area (Å²) in [4.78, 5) is 13.0. The molecule has 0 aromatic heterocycles. The third kappa shape index (κ3) is 5.83. The van der Waals surface area contributed by atoms with Crippen molar-refractivity contribution in [3.05, 3.63) is 65.7 Å². The molecule has 0 radical (unpaired) electrons. The Morgan fingerprint density at radius 1 is 1.00 bits per heavy atom. The van der Waals surface area contributed by atoms with Gasteiger partial charge in [-0.1, -0.05) is 61.9 Å². The number of hydrogen-bond acceptors (Lipinski definition) is 3. The van der Waals surface area contributed by atoms with Gasteiger partial charge in [0, 0.05) is 0 Å². The lowest BCUT2D eigenvalue weighted by molar-refractivity contribution is -0.122. The fourth-order valence-corrected chi connectivity index (χ4v) is 4.40. The second kappa shape index (κ2) is 9.24. The standard InChI is InChI=1S/C22H30N2O3S/c1-16(2)15-21(19-9-7-6-8-10-19)23-22(25)18(4)24(28(5,26)27)20-13-11-17(3)12-14-20/h6-14,16,18,21H,15H2,1-5H3,(H,23,25)/t18-,21-/m0/s1. The molecule has 0 aliphatic carbocycles. The molecule has 0 heterocycles. The summed E-state index contributed by atoms with van der Waals surface area (Å²) >= 11 is 0. The zero-order chi connectivity index (χ0) is 20.9. The first-order valence-corrected chi connectivity index (χ1v) is 11.4.